The standard InChI is InChI=1S/C19H28N2O5/c1-19(2,3)26-18(23)21-11-10-20(12-16(21)14-24-4)17(22)25-13-15-8-6-5-7-9-15/h5-9,16H,10-14H2,1-4H3/t16-/m1/s1. The quantitative estimate of drug-likeness (QED) is 0.822. The third-order valence-electron chi connectivity index (χ3n) is 3.93. The van der Waals surface area contributed by atoms with E-state index in [1.165, 1.54) is 0 Å². The fraction of sp³-hybridized carbons (Fsp3) is 0.579. The number of carbonyl (C=O) groups is 2. The van der Waals surface area contributed by atoms with E-state index < -0.39 is 17.8 Å². The Balaban J connectivity index is 1.93. The number of methoxy groups -OCH3 is 1. The first-order valence-corrected chi connectivity index (χ1v) is 8.74. The fourth-order valence-corrected chi connectivity index (χ4v) is 2.73. The van der Waals surface area contributed by atoms with Crippen LogP contribution in [0.5, 0.6) is 0 Å². The van der Waals surface area contributed by atoms with Crippen molar-refractivity contribution in [2.75, 3.05) is 33.4 Å². The molecule has 0 aromatic heterocycles. The summed E-state index contributed by atoms with van der Waals surface area (Å²) in [6.07, 6.45) is -0.782. The zero-order valence-corrected chi connectivity index (χ0v) is 15.9. The molecule has 1 saturated heterocycles. The first-order valence-electron chi connectivity index (χ1n) is 8.74. The van der Waals surface area contributed by atoms with Gasteiger partial charge in [0.1, 0.15) is 12.2 Å². The monoisotopic (exact) mass is 364 g/mol. The average Bonchev–Trinajstić information content (AvgIpc) is 2.59. The lowest BCUT2D eigenvalue weighted by Gasteiger charge is -2.40. The third kappa shape index (κ3) is 5.91. The van der Waals surface area contributed by atoms with Crippen LogP contribution in [0.3, 0.4) is 0 Å². The predicted molar refractivity (Wildman–Crippen MR) is 96.8 cm³/mol. The van der Waals surface area contributed by atoms with Crippen molar-refractivity contribution in [3.63, 3.8) is 0 Å². The molecule has 0 radical (unpaired) electrons. The summed E-state index contributed by atoms with van der Waals surface area (Å²) in [6, 6.07) is 9.25. The van der Waals surface area contributed by atoms with E-state index in [0.29, 0.717) is 26.2 Å². The van der Waals surface area contributed by atoms with Gasteiger partial charge in [0.2, 0.25) is 0 Å². The molecule has 7 heteroatoms. The van der Waals surface area contributed by atoms with Gasteiger partial charge in [0, 0.05) is 26.7 Å². The van der Waals surface area contributed by atoms with Crippen LogP contribution in [0, 0.1) is 0 Å². The second kappa shape index (κ2) is 8.89. The largest absolute Gasteiger partial charge is 0.445 e. The SMILES string of the molecule is COC[C@H]1CN(C(=O)OCc2ccccc2)CCN1C(=O)OC(C)(C)C. The van der Waals surface area contributed by atoms with Crippen LogP contribution in [0.1, 0.15) is 26.3 Å². The Labute approximate surface area is 154 Å². The number of hydrogen-bond acceptors (Lipinski definition) is 5. The van der Waals surface area contributed by atoms with Gasteiger partial charge in [0.25, 0.3) is 0 Å². The molecule has 2 rings (SSSR count). The number of benzene rings is 1. The van der Waals surface area contributed by atoms with Gasteiger partial charge in [-0.3, -0.25) is 4.90 Å². The predicted octanol–water partition coefficient (Wildman–Crippen LogP) is 2.89. The van der Waals surface area contributed by atoms with E-state index in [1.807, 2.05) is 51.1 Å². The zero-order chi connectivity index (χ0) is 19.2. The second-order valence-electron chi connectivity index (χ2n) is 7.27. The van der Waals surface area contributed by atoms with E-state index in [-0.39, 0.29) is 12.6 Å². The van der Waals surface area contributed by atoms with Crippen molar-refractivity contribution in [1.29, 1.82) is 0 Å². The number of nitrogens with zero attached hydrogens (tertiary/aromatic N) is 2. The number of amides is 2. The number of ether oxygens (including phenoxy) is 3. The minimum Gasteiger partial charge on any atom is -0.445 e. The average molecular weight is 364 g/mol. The van der Waals surface area contributed by atoms with Crippen molar-refractivity contribution >= 4 is 12.2 Å². The Morgan fingerprint density at radius 2 is 1.81 bits per heavy atom. The van der Waals surface area contributed by atoms with Crippen molar-refractivity contribution in [2.45, 2.75) is 39.0 Å². The summed E-state index contributed by atoms with van der Waals surface area (Å²) in [7, 11) is 1.57. The van der Waals surface area contributed by atoms with E-state index in [1.54, 1.807) is 16.9 Å². The minimum absolute atomic E-state index is 0.223. The minimum atomic E-state index is -0.569. The lowest BCUT2D eigenvalue weighted by atomic mass is 10.2. The van der Waals surface area contributed by atoms with Gasteiger partial charge in [-0.2, -0.15) is 0 Å². The summed E-state index contributed by atoms with van der Waals surface area (Å²) in [6.45, 7) is 7.15. The summed E-state index contributed by atoms with van der Waals surface area (Å²) in [5, 5.41) is 0. The molecule has 0 saturated carbocycles. The maximum atomic E-state index is 12.4. The Kier molecular flexibility index (Phi) is 6.85. The topological polar surface area (TPSA) is 68.3 Å². The van der Waals surface area contributed by atoms with Crippen LogP contribution in [-0.4, -0.2) is 67.0 Å². The lowest BCUT2D eigenvalue weighted by molar-refractivity contribution is -0.0170. The molecule has 0 N–H and O–H groups in total. The highest BCUT2D eigenvalue weighted by atomic mass is 16.6. The molecule has 0 bridgehead atoms. The summed E-state index contributed by atoms with van der Waals surface area (Å²) in [5.41, 5.74) is 0.363. The van der Waals surface area contributed by atoms with Crippen LogP contribution < -0.4 is 0 Å². The highest BCUT2D eigenvalue weighted by Crippen LogP contribution is 2.17. The Hall–Kier alpha value is -2.28. The molecule has 1 aliphatic rings. The van der Waals surface area contributed by atoms with Crippen LogP contribution in [-0.2, 0) is 20.8 Å². The van der Waals surface area contributed by atoms with Gasteiger partial charge in [-0.05, 0) is 26.3 Å². The molecule has 1 aliphatic heterocycles. The molecule has 144 valence electrons. The molecule has 1 aromatic carbocycles. The highest BCUT2D eigenvalue weighted by molar-refractivity contribution is 5.71. The van der Waals surface area contributed by atoms with Gasteiger partial charge >= 0.3 is 12.2 Å². The van der Waals surface area contributed by atoms with Crippen molar-refractivity contribution in [2.24, 2.45) is 0 Å². The first-order chi connectivity index (χ1) is 12.3. The Morgan fingerprint density at radius 1 is 1.12 bits per heavy atom. The summed E-state index contributed by atoms with van der Waals surface area (Å²) in [4.78, 5) is 28.0. The van der Waals surface area contributed by atoms with Crippen LogP contribution in [0.4, 0.5) is 9.59 Å². The molecule has 7 nitrogen and oxygen atoms in total. The maximum Gasteiger partial charge on any atom is 0.410 e. The summed E-state index contributed by atoms with van der Waals surface area (Å²) < 4.78 is 16.1. The summed E-state index contributed by atoms with van der Waals surface area (Å²) >= 11 is 0. The molecular formula is C19H28N2O5. The highest BCUT2D eigenvalue weighted by Gasteiger charge is 2.35. The molecule has 0 aliphatic carbocycles. The van der Waals surface area contributed by atoms with Crippen LogP contribution >= 0.6 is 0 Å². The van der Waals surface area contributed by atoms with E-state index in [9.17, 15) is 9.59 Å². The summed E-state index contributed by atoms with van der Waals surface area (Å²) in [5.74, 6) is 0. The number of rotatable bonds is 4. The van der Waals surface area contributed by atoms with Crippen LogP contribution in [0.2, 0.25) is 0 Å². The normalized spacial score (nSPS) is 17.8. The molecule has 1 aromatic rings. The Bertz CT molecular complexity index is 600. The van der Waals surface area contributed by atoms with Gasteiger partial charge in [-0.1, -0.05) is 30.3 Å². The van der Waals surface area contributed by atoms with E-state index in [4.69, 9.17) is 14.2 Å². The van der Waals surface area contributed by atoms with Gasteiger partial charge in [-0.25, -0.2) is 9.59 Å². The smallest absolute Gasteiger partial charge is 0.410 e. The van der Waals surface area contributed by atoms with Gasteiger partial charge < -0.3 is 19.1 Å². The van der Waals surface area contributed by atoms with Crippen molar-refractivity contribution in [3.8, 4) is 0 Å². The molecule has 1 fully saturated rings. The maximum absolute atomic E-state index is 12.4. The number of hydrogen-bond donors (Lipinski definition) is 0. The fourth-order valence-electron chi connectivity index (χ4n) is 2.73. The Morgan fingerprint density at radius 3 is 2.42 bits per heavy atom. The molecule has 26 heavy (non-hydrogen) atoms. The molecule has 0 spiro atoms. The molecule has 1 heterocycles. The van der Waals surface area contributed by atoms with Gasteiger partial charge in [-0.15, -0.1) is 0 Å². The van der Waals surface area contributed by atoms with E-state index in [2.05, 4.69) is 0 Å². The molecule has 0 unspecified atom stereocenters. The van der Waals surface area contributed by atoms with Crippen LogP contribution in [0.15, 0.2) is 30.3 Å². The lowest BCUT2D eigenvalue weighted by Crippen LogP contribution is -2.58. The molecular weight excluding hydrogens is 336 g/mol. The second-order valence-corrected chi connectivity index (χ2v) is 7.27. The van der Waals surface area contributed by atoms with Crippen molar-refractivity contribution < 1.29 is 23.8 Å². The van der Waals surface area contributed by atoms with Crippen LogP contribution in [0.25, 0.3) is 0 Å². The molecule has 1 atom stereocenters. The van der Waals surface area contributed by atoms with Crippen molar-refractivity contribution in [3.05, 3.63) is 35.9 Å². The zero-order valence-electron chi connectivity index (χ0n) is 15.9. The van der Waals surface area contributed by atoms with Gasteiger partial charge in [0.15, 0.2) is 0 Å². The molecule has 2 amide bonds. The van der Waals surface area contributed by atoms with E-state index in [0.717, 1.165) is 5.56 Å². The van der Waals surface area contributed by atoms with E-state index >= 15 is 0 Å². The van der Waals surface area contributed by atoms with Gasteiger partial charge in [0.05, 0.1) is 12.6 Å². The van der Waals surface area contributed by atoms with Crippen molar-refractivity contribution in [1.82, 2.24) is 9.80 Å². The number of piperazine rings is 1. The number of carbonyl (C=O) groups excluding carboxylic acids is 2. The third-order valence-corrected chi connectivity index (χ3v) is 3.93. The first kappa shape index (κ1) is 20.0.